The quantitative estimate of drug-likeness (QED) is 0.804. The van der Waals surface area contributed by atoms with E-state index in [0.29, 0.717) is 5.92 Å². The Bertz CT molecular complexity index is 587. The highest BCUT2D eigenvalue weighted by atomic mass is 35.5. The first-order valence-corrected chi connectivity index (χ1v) is 7.09. The lowest BCUT2D eigenvalue weighted by Gasteiger charge is -2.19. The van der Waals surface area contributed by atoms with Gasteiger partial charge in [-0.2, -0.15) is 0 Å². The number of pyridine rings is 1. The third-order valence-electron chi connectivity index (χ3n) is 3.76. The number of ether oxygens (including phenoxy) is 1. The van der Waals surface area contributed by atoms with Gasteiger partial charge in [-0.15, -0.1) is 11.6 Å². The Balaban J connectivity index is 2.03. The van der Waals surface area contributed by atoms with Crippen LogP contribution >= 0.6 is 11.6 Å². The molecule has 3 rings (SSSR count). The summed E-state index contributed by atoms with van der Waals surface area (Å²) in [6.45, 7) is 2.02. The first kappa shape index (κ1) is 12.5. The fourth-order valence-electron chi connectivity index (χ4n) is 2.66. The van der Waals surface area contributed by atoms with E-state index in [9.17, 15) is 0 Å². The lowest BCUT2D eigenvalue weighted by Crippen LogP contribution is -2.21. The van der Waals surface area contributed by atoms with Crippen LogP contribution in [0.2, 0.25) is 0 Å². The van der Waals surface area contributed by atoms with Crippen molar-refractivity contribution in [3.63, 3.8) is 0 Å². The van der Waals surface area contributed by atoms with Crippen molar-refractivity contribution in [2.24, 2.45) is 5.92 Å². The van der Waals surface area contributed by atoms with Crippen LogP contribution < -0.4 is 9.64 Å². The Labute approximate surface area is 118 Å². The van der Waals surface area contributed by atoms with E-state index in [0.717, 1.165) is 42.3 Å². The molecule has 2 heterocycles. The Morgan fingerprint density at radius 2 is 2.32 bits per heavy atom. The fourth-order valence-corrected chi connectivity index (χ4v) is 2.91. The van der Waals surface area contributed by atoms with Crippen LogP contribution in [-0.2, 0) is 0 Å². The number of fused-ring (bicyclic) bond motifs is 1. The highest BCUT2D eigenvalue weighted by Crippen LogP contribution is 2.31. The number of nitrogens with zero attached hydrogens (tertiary/aromatic N) is 2. The minimum absolute atomic E-state index is 0.573. The van der Waals surface area contributed by atoms with Crippen molar-refractivity contribution in [3.05, 3.63) is 30.5 Å². The van der Waals surface area contributed by atoms with Crippen LogP contribution in [-0.4, -0.2) is 31.1 Å². The summed E-state index contributed by atoms with van der Waals surface area (Å²) in [7, 11) is 1.69. The minimum Gasteiger partial charge on any atom is -0.497 e. The molecule has 0 saturated carbocycles. The number of anilines is 1. The molecule has 19 heavy (non-hydrogen) atoms. The Morgan fingerprint density at radius 3 is 3.05 bits per heavy atom. The van der Waals surface area contributed by atoms with E-state index in [1.165, 1.54) is 5.39 Å². The molecule has 1 aliphatic rings. The number of halogens is 1. The number of hydrogen-bond donors (Lipinski definition) is 0. The van der Waals surface area contributed by atoms with Crippen molar-refractivity contribution in [2.45, 2.75) is 6.42 Å². The molecule has 0 aliphatic carbocycles. The van der Waals surface area contributed by atoms with Crippen molar-refractivity contribution < 1.29 is 4.74 Å². The molecule has 0 spiro atoms. The summed E-state index contributed by atoms with van der Waals surface area (Å²) >= 11 is 5.96. The maximum Gasteiger partial charge on any atom is 0.136 e. The number of hydrogen-bond acceptors (Lipinski definition) is 3. The Kier molecular flexibility index (Phi) is 3.47. The van der Waals surface area contributed by atoms with Gasteiger partial charge < -0.3 is 9.64 Å². The second kappa shape index (κ2) is 5.25. The van der Waals surface area contributed by atoms with Crippen LogP contribution in [0.4, 0.5) is 5.82 Å². The molecular formula is C15H17ClN2O. The molecule has 1 aromatic heterocycles. The van der Waals surface area contributed by atoms with Gasteiger partial charge in [0.05, 0.1) is 7.11 Å². The summed E-state index contributed by atoms with van der Waals surface area (Å²) in [5.41, 5.74) is 0. The van der Waals surface area contributed by atoms with Crippen LogP contribution in [0.25, 0.3) is 10.8 Å². The standard InChI is InChI=1S/C15H17ClN2O/c1-19-13-3-2-12-4-6-17-15(14(12)8-13)18-7-5-11(9-16)10-18/h2-4,6,8,11H,5,7,9-10H2,1H3. The molecule has 0 N–H and O–H groups in total. The predicted octanol–water partition coefficient (Wildman–Crippen LogP) is 3.31. The smallest absolute Gasteiger partial charge is 0.136 e. The molecule has 1 fully saturated rings. The summed E-state index contributed by atoms with van der Waals surface area (Å²) < 4.78 is 5.31. The predicted molar refractivity (Wildman–Crippen MR) is 79.3 cm³/mol. The largest absolute Gasteiger partial charge is 0.497 e. The van der Waals surface area contributed by atoms with E-state index in [2.05, 4.69) is 22.0 Å². The third kappa shape index (κ3) is 2.35. The fraction of sp³-hybridized carbons (Fsp3) is 0.400. The molecule has 1 aliphatic heterocycles. The van der Waals surface area contributed by atoms with Gasteiger partial charge in [-0.05, 0) is 35.9 Å². The van der Waals surface area contributed by atoms with Crippen molar-refractivity contribution >= 4 is 28.2 Å². The van der Waals surface area contributed by atoms with Gasteiger partial charge in [0.2, 0.25) is 0 Å². The summed E-state index contributed by atoms with van der Waals surface area (Å²) in [6.07, 6.45) is 3.02. The normalized spacial score (nSPS) is 19.1. The van der Waals surface area contributed by atoms with Crippen molar-refractivity contribution in [2.75, 3.05) is 31.0 Å². The van der Waals surface area contributed by atoms with Crippen LogP contribution in [0.15, 0.2) is 30.5 Å². The van der Waals surface area contributed by atoms with Gasteiger partial charge >= 0.3 is 0 Å². The van der Waals surface area contributed by atoms with E-state index in [1.807, 2.05) is 18.3 Å². The van der Waals surface area contributed by atoms with Gasteiger partial charge in [-0.25, -0.2) is 4.98 Å². The van der Waals surface area contributed by atoms with Crippen LogP contribution in [0.3, 0.4) is 0 Å². The highest BCUT2D eigenvalue weighted by molar-refractivity contribution is 6.18. The van der Waals surface area contributed by atoms with E-state index in [4.69, 9.17) is 16.3 Å². The molecule has 0 bridgehead atoms. The molecule has 1 aromatic carbocycles. The zero-order valence-electron chi connectivity index (χ0n) is 11.0. The van der Waals surface area contributed by atoms with Crippen LogP contribution in [0.5, 0.6) is 5.75 Å². The molecular weight excluding hydrogens is 260 g/mol. The number of aromatic nitrogens is 1. The maximum atomic E-state index is 5.96. The van der Waals surface area contributed by atoms with Gasteiger partial charge in [-0.1, -0.05) is 6.07 Å². The average molecular weight is 277 g/mol. The van der Waals surface area contributed by atoms with E-state index < -0.39 is 0 Å². The van der Waals surface area contributed by atoms with E-state index in [-0.39, 0.29) is 0 Å². The molecule has 4 heteroatoms. The summed E-state index contributed by atoms with van der Waals surface area (Å²) in [5, 5.41) is 2.34. The first-order valence-electron chi connectivity index (χ1n) is 6.55. The van der Waals surface area contributed by atoms with Crippen molar-refractivity contribution in [1.29, 1.82) is 0 Å². The van der Waals surface area contributed by atoms with Crippen molar-refractivity contribution in [1.82, 2.24) is 4.98 Å². The molecule has 0 radical (unpaired) electrons. The number of methoxy groups -OCH3 is 1. The van der Waals surface area contributed by atoms with Gasteiger partial charge in [-0.3, -0.25) is 0 Å². The van der Waals surface area contributed by atoms with Crippen molar-refractivity contribution in [3.8, 4) is 5.75 Å². The maximum absolute atomic E-state index is 5.96. The molecule has 2 aromatic rings. The highest BCUT2D eigenvalue weighted by Gasteiger charge is 2.23. The minimum atomic E-state index is 0.573. The Morgan fingerprint density at radius 1 is 1.42 bits per heavy atom. The molecule has 3 nitrogen and oxygen atoms in total. The van der Waals surface area contributed by atoms with Gasteiger partial charge in [0.1, 0.15) is 11.6 Å². The molecule has 1 unspecified atom stereocenters. The van der Waals surface area contributed by atoms with Gasteiger partial charge in [0, 0.05) is 30.6 Å². The molecule has 1 atom stereocenters. The average Bonchev–Trinajstić information content (AvgIpc) is 2.94. The third-order valence-corrected chi connectivity index (χ3v) is 4.19. The summed E-state index contributed by atoms with van der Waals surface area (Å²) in [5.74, 6) is 3.22. The SMILES string of the molecule is COc1ccc2ccnc(N3CCC(CCl)C3)c2c1. The van der Waals surface area contributed by atoms with Gasteiger partial charge in [0.25, 0.3) is 0 Å². The second-order valence-corrected chi connectivity index (χ2v) is 5.29. The number of benzene rings is 1. The van der Waals surface area contributed by atoms with Crippen LogP contribution in [0, 0.1) is 5.92 Å². The lowest BCUT2D eigenvalue weighted by atomic mass is 10.1. The first-order chi connectivity index (χ1) is 9.31. The van der Waals surface area contributed by atoms with E-state index in [1.54, 1.807) is 7.11 Å². The molecule has 0 amide bonds. The van der Waals surface area contributed by atoms with Gasteiger partial charge in [0.15, 0.2) is 0 Å². The molecule has 100 valence electrons. The summed E-state index contributed by atoms with van der Waals surface area (Å²) in [4.78, 5) is 6.89. The van der Waals surface area contributed by atoms with E-state index >= 15 is 0 Å². The Hall–Kier alpha value is -1.48. The number of alkyl halides is 1. The number of rotatable bonds is 3. The second-order valence-electron chi connectivity index (χ2n) is 4.98. The lowest BCUT2D eigenvalue weighted by molar-refractivity contribution is 0.415. The molecule has 1 saturated heterocycles. The monoisotopic (exact) mass is 276 g/mol. The zero-order valence-corrected chi connectivity index (χ0v) is 11.7. The zero-order chi connectivity index (χ0) is 13.2. The topological polar surface area (TPSA) is 25.4 Å². The summed E-state index contributed by atoms with van der Waals surface area (Å²) in [6, 6.07) is 8.16. The van der Waals surface area contributed by atoms with Crippen LogP contribution in [0.1, 0.15) is 6.42 Å².